The molecule has 1 aromatic heterocycles. The molecule has 1 N–H and O–H groups in total. The Hall–Kier alpha value is -1.40. The lowest BCUT2D eigenvalue weighted by molar-refractivity contribution is 0.121. The van der Waals surface area contributed by atoms with Gasteiger partial charge in [-0.15, -0.1) is 0 Å². The number of hydrogen-bond donors (Lipinski definition) is 1. The first-order valence-corrected chi connectivity index (χ1v) is 7.13. The summed E-state index contributed by atoms with van der Waals surface area (Å²) in [5.41, 5.74) is 0.934. The number of hydrogen-bond acceptors (Lipinski definition) is 5. The van der Waals surface area contributed by atoms with Crippen LogP contribution in [-0.2, 0) is 11.3 Å². The van der Waals surface area contributed by atoms with Crippen molar-refractivity contribution in [2.45, 2.75) is 6.54 Å². The van der Waals surface area contributed by atoms with Crippen molar-refractivity contribution in [2.24, 2.45) is 0 Å². The molecule has 2 rings (SSSR count). The first kappa shape index (κ1) is 16.0. The zero-order valence-electron chi connectivity index (χ0n) is 12.0. The molecule has 0 aliphatic rings. The molecular weight excluding hydrogens is 292 g/mol. The summed E-state index contributed by atoms with van der Waals surface area (Å²) in [6, 6.07) is 7.41. The molecule has 0 amide bonds. The smallest absolute Gasteiger partial charge is 0.209 e. The predicted octanol–water partition coefficient (Wildman–Crippen LogP) is 2.44. The fourth-order valence-corrected chi connectivity index (χ4v) is 2.08. The molecule has 21 heavy (non-hydrogen) atoms. The molecule has 2 aromatic rings. The number of halogens is 1. The highest BCUT2D eigenvalue weighted by Crippen LogP contribution is 2.22. The highest BCUT2D eigenvalue weighted by Gasteiger charge is 2.11. The van der Waals surface area contributed by atoms with Gasteiger partial charge in [0.05, 0.1) is 26.0 Å². The van der Waals surface area contributed by atoms with Crippen LogP contribution in [-0.4, -0.2) is 48.4 Å². The molecule has 114 valence electrons. The topological polar surface area (TPSA) is 58.7 Å². The third-order valence-corrected chi connectivity index (χ3v) is 3.32. The van der Waals surface area contributed by atoms with Crippen molar-refractivity contribution in [3.05, 3.63) is 41.4 Å². The molecule has 0 saturated carbocycles. The maximum atomic E-state index is 9.08. The van der Waals surface area contributed by atoms with Crippen LogP contribution in [0.25, 0.3) is 11.3 Å². The number of methoxy groups -OCH3 is 1. The second kappa shape index (κ2) is 8.14. The van der Waals surface area contributed by atoms with Gasteiger partial charge in [-0.2, -0.15) is 0 Å². The molecule has 0 aliphatic carbocycles. The monoisotopic (exact) mass is 310 g/mol. The standard InChI is InChI=1S/C15H19ClN2O3/c1-20-9-7-18(6-8-19)11-15-17-10-14(21-15)12-2-4-13(16)5-3-12/h2-5,10,19H,6-9,11H2,1H3. The van der Waals surface area contributed by atoms with E-state index in [-0.39, 0.29) is 6.61 Å². The molecule has 0 fully saturated rings. The van der Waals surface area contributed by atoms with E-state index in [9.17, 15) is 0 Å². The summed E-state index contributed by atoms with van der Waals surface area (Å²) in [6.07, 6.45) is 1.70. The van der Waals surface area contributed by atoms with Crippen molar-refractivity contribution in [1.29, 1.82) is 0 Å². The van der Waals surface area contributed by atoms with E-state index in [0.29, 0.717) is 36.4 Å². The van der Waals surface area contributed by atoms with Crippen LogP contribution < -0.4 is 0 Å². The lowest BCUT2D eigenvalue weighted by Crippen LogP contribution is -2.29. The Bertz CT molecular complexity index is 542. The van der Waals surface area contributed by atoms with E-state index in [1.54, 1.807) is 13.3 Å². The quantitative estimate of drug-likeness (QED) is 0.811. The Balaban J connectivity index is 2.02. The van der Waals surface area contributed by atoms with Crippen molar-refractivity contribution in [1.82, 2.24) is 9.88 Å². The van der Waals surface area contributed by atoms with Crippen LogP contribution in [0.3, 0.4) is 0 Å². The van der Waals surface area contributed by atoms with E-state index < -0.39 is 0 Å². The Labute approximate surface area is 129 Å². The second-order valence-electron chi connectivity index (χ2n) is 4.62. The number of aromatic nitrogens is 1. The van der Waals surface area contributed by atoms with E-state index in [1.165, 1.54) is 0 Å². The second-order valence-corrected chi connectivity index (χ2v) is 5.05. The average Bonchev–Trinajstić information content (AvgIpc) is 2.94. The van der Waals surface area contributed by atoms with Gasteiger partial charge in [-0.1, -0.05) is 11.6 Å². The Morgan fingerprint density at radius 2 is 2.05 bits per heavy atom. The van der Waals surface area contributed by atoms with E-state index in [4.69, 9.17) is 25.9 Å². The van der Waals surface area contributed by atoms with Crippen LogP contribution in [0.5, 0.6) is 0 Å². The molecule has 0 radical (unpaired) electrons. The summed E-state index contributed by atoms with van der Waals surface area (Å²) in [5, 5.41) is 9.76. The lowest BCUT2D eigenvalue weighted by Gasteiger charge is -2.18. The summed E-state index contributed by atoms with van der Waals surface area (Å²) < 4.78 is 10.8. The lowest BCUT2D eigenvalue weighted by atomic mass is 10.2. The van der Waals surface area contributed by atoms with Crippen molar-refractivity contribution in [2.75, 3.05) is 33.4 Å². The Morgan fingerprint density at radius 1 is 1.29 bits per heavy atom. The molecule has 6 heteroatoms. The summed E-state index contributed by atoms with van der Waals surface area (Å²) in [6.45, 7) is 2.51. The summed E-state index contributed by atoms with van der Waals surface area (Å²) >= 11 is 5.87. The van der Waals surface area contributed by atoms with Gasteiger partial charge in [-0.3, -0.25) is 4.90 Å². The third kappa shape index (κ3) is 4.82. The van der Waals surface area contributed by atoms with Gasteiger partial charge < -0.3 is 14.3 Å². The van der Waals surface area contributed by atoms with E-state index in [0.717, 1.165) is 12.1 Å². The van der Waals surface area contributed by atoms with Gasteiger partial charge in [0.25, 0.3) is 0 Å². The van der Waals surface area contributed by atoms with Crippen LogP contribution in [0.1, 0.15) is 5.89 Å². The van der Waals surface area contributed by atoms with Crippen LogP contribution >= 0.6 is 11.6 Å². The number of aliphatic hydroxyl groups is 1. The minimum Gasteiger partial charge on any atom is -0.439 e. The summed E-state index contributed by atoms with van der Waals surface area (Å²) in [4.78, 5) is 6.31. The highest BCUT2D eigenvalue weighted by atomic mass is 35.5. The molecule has 5 nitrogen and oxygen atoms in total. The number of benzene rings is 1. The minimum absolute atomic E-state index is 0.0917. The molecule has 0 unspecified atom stereocenters. The number of nitrogens with zero attached hydrogens (tertiary/aromatic N) is 2. The van der Waals surface area contributed by atoms with Crippen molar-refractivity contribution < 1.29 is 14.3 Å². The normalized spacial score (nSPS) is 11.2. The molecule has 0 aliphatic heterocycles. The number of rotatable bonds is 8. The maximum Gasteiger partial charge on any atom is 0.209 e. The van der Waals surface area contributed by atoms with Crippen LogP contribution in [0.15, 0.2) is 34.9 Å². The van der Waals surface area contributed by atoms with Gasteiger partial charge in [-0.25, -0.2) is 4.98 Å². The molecule has 0 atom stereocenters. The van der Waals surface area contributed by atoms with Crippen molar-refractivity contribution in [3.63, 3.8) is 0 Å². The van der Waals surface area contributed by atoms with Crippen molar-refractivity contribution in [3.8, 4) is 11.3 Å². The van der Waals surface area contributed by atoms with E-state index >= 15 is 0 Å². The van der Waals surface area contributed by atoms with E-state index in [2.05, 4.69) is 4.98 Å². The molecular formula is C15H19ClN2O3. The van der Waals surface area contributed by atoms with E-state index in [1.807, 2.05) is 29.2 Å². The predicted molar refractivity (Wildman–Crippen MR) is 81.2 cm³/mol. The van der Waals surface area contributed by atoms with Gasteiger partial charge >= 0.3 is 0 Å². The van der Waals surface area contributed by atoms with Crippen LogP contribution in [0.4, 0.5) is 0 Å². The molecule has 0 spiro atoms. The first-order chi connectivity index (χ1) is 10.2. The van der Waals surface area contributed by atoms with Gasteiger partial charge in [0.1, 0.15) is 0 Å². The van der Waals surface area contributed by atoms with Crippen LogP contribution in [0.2, 0.25) is 5.02 Å². The molecule has 0 saturated heterocycles. The maximum absolute atomic E-state index is 9.08. The zero-order chi connectivity index (χ0) is 15.1. The SMILES string of the molecule is COCCN(CCO)Cc1ncc(-c2ccc(Cl)cc2)o1. The number of ether oxygens (including phenoxy) is 1. The largest absolute Gasteiger partial charge is 0.439 e. The third-order valence-electron chi connectivity index (χ3n) is 3.07. The fraction of sp³-hybridized carbons (Fsp3) is 0.400. The molecule has 0 bridgehead atoms. The van der Waals surface area contributed by atoms with Gasteiger partial charge in [-0.05, 0) is 24.3 Å². The molecule has 1 heterocycles. The van der Waals surface area contributed by atoms with Gasteiger partial charge in [0, 0.05) is 30.8 Å². The van der Waals surface area contributed by atoms with Crippen molar-refractivity contribution >= 4 is 11.6 Å². The number of aliphatic hydroxyl groups excluding tert-OH is 1. The zero-order valence-corrected chi connectivity index (χ0v) is 12.7. The van der Waals surface area contributed by atoms with Crippen LogP contribution in [0, 0.1) is 0 Å². The Morgan fingerprint density at radius 3 is 2.71 bits per heavy atom. The van der Waals surface area contributed by atoms with Gasteiger partial charge in [0.2, 0.25) is 5.89 Å². The summed E-state index contributed by atoms with van der Waals surface area (Å²) in [7, 11) is 1.65. The number of oxazole rings is 1. The highest BCUT2D eigenvalue weighted by molar-refractivity contribution is 6.30. The first-order valence-electron chi connectivity index (χ1n) is 6.75. The Kier molecular flexibility index (Phi) is 6.20. The fourth-order valence-electron chi connectivity index (χ4n) is 1.95. The summed E-state index contributed by atoms with van der Waals surface area (Å²) in [5.74, 6) is 1.32. The minimum atomic E-state index is 0.0917. The van der Waals surface area contributed by atoms with Gasteiger partial charge in [0.15, 0.2) is 5.76 Å². The molecule has 1 aromatic carbocycles. The average molecular weight is 311 g/mol.